The summed E-state index contributed by atoms with van der Waals surface area (Å²) in [6.45, 7) is 0. The van der Waals surface area contributed by atoms with Gasteiger partial charge in [-0.05, 0) is 24.3 Å². The van der Waals surface area contributed by atoms with Gasteiger partial charge in [-0.2, -0.15) is 0 Å². The van der Waals surface area contributed by atoms with E-state index in [9.17, 15) is 9.59 Å². The Morgan fingerprint density at radius 1 is 1.21 bits per heavy atom. The van der Waals surface area contributed by atoms with Crippen LogP contribution < -0.4 is 5.32 Å². The van der Waals surface area contributed by atoms with E-state index >= 15 is 0 Å². The van der Waals surface area contributed by atoms with Crippen molar-refractivity contribution in [2.45, 2.75) is 0 Å². The molecule has 0 bridgehead atoms. The molecule has 5 nitrogen and oxygen atoms in total. The van der Waals surface area contributed by atoms with E-state index in [2.05, 4.69) is 10.3 Å². The molecule has 1 aromatic heterocycles. The Hall–Kier alpha value is -2.40. The monoisotopic (exact) mass is 276 g/mol. The second kappa shape index (κ2) is 5.49. The summed E-state index contributed by atoms with van der Waals surface area (Å²) < 4.78 is 0. The number of carboxylic acid groups (broad SMARTS) is 1. The minimum atomic E-state index is -1.19. The third kappa shape index (κ3) is 3.08. The van der Waals surface area contributed by atoms with Crippen molar-refractivity contribution in [3.8, 4) is 0 Å². The van der Waals surface area contributed by atoms with Gasteiger partial charge in [0, 0.05) is 11.8 Å². The van der Waals surface area contributed by atoms with Gasteiger partial charge in [-0.25, -0.2) is 9.78 Å². The van der Waals surface area contributed by atoms with E-state index in [4.69, 9.17) is 16.7 Å². The minimum Gasteiger partial charge on any atom is -0.477 e. The first-order valence-corrected chi connectivity index (χ1v) is 5.71. The largest absolute Gasteiger partial charge is 0.477 e. The van der Waals surface area contributed by atoms with Gasteiger partial charge >= 0.3 is 5.97 Å². The predicted octanol–water partition coefficient (Wildman–Crippen LogP) is 2.69. The maximum atomic E-state index is 12.0. The van der Waals surface area contributed by atoms with Crippen molar-refractivity contribution in [3.05, 3.63) is 58.9 Å². The molecule has 2 rings (SSSR count). The number of carboxylic acids is 1. The van der Waals surface area contributed by atoms with Crippen molar-refractivity contribution in [1.29, 1.82) is 0 Å². The van der Waals surface area contributed by atoms with Gasteiger partial charge in [-0.1, -0.05) is 23.7 Å². The molecule has 1 heterocycles. The van der Waals surface area contributed by atoms with Gasteiger partial charge in [0.15, 0.2) is 0 Å². The fraction of sp³-hybridized carbons (Fsp3) is 0. The number of amides is 1. The second-order valence-corrected chi connectivity index (χ2v) is 4.08. The number of aromatic nitrogens is 1. The van der Waals surface area contributed by atoms with E-state index in [-0.39, 0.29) is 11.3 Å². The summed E-state index contributed by atoms with van der Waals surface area (Å²) in [5.74, 6) is -1.63. The summed E-state index contributed by atoms with van der Waals surface area (Å²) in [4.78, 5) is 26.4. The van der Waals surface area contributed by atoms with Crippen LogP contribution in [0.3, 0.4) is 0 Å². The first kappa shape index (κ1) is 13.0. The number of nitrogens with zero attached hydrogens (tertiary/aromatic N) is 1. The third-order valence-corrected chi connectivity index (χ3v) is 2.69. The number of pyridine rings is 1. The molecule has 6 heteroatoms. The Morgan fingerprint density at radius 3 is 2.63 bits per heavy atom. The van der Waals surface area contributed by atoms with Gasteiger partial charge in [0.05, 0.1) is 10.7 Å². The molecule has 0 fully saturated rings. The van der Waals surface area contributed by atoms with E-state index in [1.54, 1.807) is 24.3 Å². The summed E-state index contributed by atoms with van der Waals surface area (Å²) in [5.41, 5.74) is 0.474. The van der Waals surface area contributed by atoms with Gasteiger partial charge in [-0.15, -0.1) is 0 Å². The Bertz CT molecular complexity index is 643. The molecule has 2 N–H and O–H groups in total. The molecule has 0 spiro atoms. The number of para-hydroxylation sites is 1. The van der Waals surface area contributed by atoms with E-state index in [0.29, 0.717) is 10.7 Å². The van der Waals surface area contributed by atoms with Gasteiger partial charge in [-0.3, -0.25) is 4.79 Å². The van der Waals surface area contributed by atoms with Gasteiger partial charge in [0.25, 0.3) is 5.91 Å². The van der Waals surface area contributed by atoms with Crippen molar-refractivity contribution in [3.63, 3.8) is 0 Å². The lowest BCUT2D eigenvalue weighted by molar-refractivity contribution is 0.0690. The molecular weight excluding hydrogens is 268 g/mol. The van der Waals surface area contributed by atoms with Gasteiger partial charge < -0.3 is 10.4 Å². The van der Waals surface area contributed by atoms with Crippen molar-refractivity contribution < 1.29 is 14.7 Å². The van der Waals surface area contributed by atoms with Crippen LogP contribution in [0.4, 0.5) is 5.69 Å². The number of aromatic carboxylic acids is 1. The highest BCUT2D eigenvalue weighted by Gasteiger charge is 2.11. The zero-order chi connectivity index (χ0) is 13.8. The number of carbonyl (C=O) groups is 2. The molecule has 96 valence electrons. The normalized spacial score (nSPS) is 9.95. The number of benzene rings is 1. The molecule has 19 heavy (non-hydrogen) atoms. The van der Waals surface area contributed by atoms with Gasteiger partial charge in [0.1, 0.15) is 5.69 Å². The fourth-order valence-electron chi connectivity index (χ4n) is 1.45. The number of anilines is 1. The summed E-state index contributed by atoms with van der Waals surface area (Å²) in [6, 6.07) is 9.41. The SMILES string of the molecule is O=C(Nc1ccccc1Cl)c1ccnc(C(=O)O)c1. The Balaban J connectivity index is 2.23. The van der Waals surface area contributed by atoms with Crippen LogP contribution in [0.25, 0.3) is 0 Å². The van der Waals surface area contributed by atoms with Crippen LogP contribution in [0.1, 0.15) is 20.8 Å². The van der Waals surface area contributed by atoms with Crippen molar-refractivity contribution in [1.82, 2.24) is 4.98 Å². The van der Waals surface area contributed by atoms with Crippen molar-refractivity contribution >= 4 is 29.2 Å². The Labute approximate surface area is 113 Å². The first-order chi connectivity index (χ1) is 9.08. The molecule has 0 aliphatic carbocycles. The van der Waals surface area contributed by atoms with E-state index in [0.717, 1.165) is 0 Å². The summed E-state index contributed by atoms with van der Waals surface area (Å²) in [6.07, 6.45) is 1.27. The third-order valence-electron chi connectivity index (χ3n) is 2.36. The number of hydrogen-bond acceptors (Lipinski definition) is 3. The predicted molar refractivity (Wildman–Crippen MR) is 70.6 cm³/mol. The molecule has 0 unspecified atom stereocenters. The number of nitrogens with one attached hydrogen (secondary N) is 1. The molecule has 0 aliphatic rings. The van der Waals surface area contributed by atoms with Crippen LogP contribution in [-0.2, 0) is 0 Å². The standard InChI is InChI=1S/C13H9ClN2O3/c14-9-3-1-2-4-10(9)16-12(17)8-5-6-15-11(7-8)13(18)19/h1-7H,(H,16,17)(H,18,19). The van der Waals surface area contributed by atoms with Crippen molar-refractivity contribution in [2.75, 3.05) is 5.32 Å². The molecule has 0 atom stereocenters. The summed E-state index contributed by atoms with van der Waals surface area (Å²) >= 11 is 5.92. The van der Waals surface area contributed by atoms with Crippen LogP contribution in [0.5, 0.6) is 0 Å². The molecule has 1 aromatic carbocycles. The lowest BCUT2D eigenvalue weighted by atomic mass is 10.2. The lowest BCUT2D eigenvalue weighted by Crippen LogP contribution is -2.13. The van der Waals surface area contributed by atoms with Crippen LogP contribution in [0, 0.1) is 0 Å². The second-order valence-electron chi connectivity index (χ2n) is 3.67. The number of carbonyl (C=O) groups excluding carboxylic acids is 1. The molecule has 0 saturated heterocycles. The average Bonchev–Trinajstić information content (AvgIpc) is 2.41. The number of hydrogen-bond donors (Lipinski definition) is 2. The van der Waals surface area contributed by atoms with Gasteiger partial charge in [0.2, 0.25) is 0 Å². The topological polar surface area (TPSA) is 79.3 Å². The quantitative estimate of drug-likeness (QED) is 0.903. The van der Waals surface area contributed by atoms with Crippen LogP contribution in [0.2, 0.25) is 5.02 Å². The molecule has 0 saturated carbocycles. The summed E-state index contributed by atoms with van der Waals surface area (Å²) in [5, 5.41) is 11.8. The first-order valence-electron chi connectivity index (χ1n) is 5.33. The van der Waals surface area contributed by atoms with Crippen LogP contribution in [0.15, 0.2) is 42.6 Å². The van der Waals surface area contributed by atoms with E-state index in [1.807, 2.05) is 0 Å². The van der Waals surface area contributed by atoms with Crippen LogP contribution >= 0.6 is 11.6 Å². The zero-order valence-corrected chi connectivity index (χ0v) is 10.4. The molecule has 1 amide bonds. The molecule has 2 aromatic rings. The smallest absolute Gasteiger partial charge is 0.354 e. The average molecular weight is 277 g/mol. The highest BCUT2D eigenvalue weighted by Crippen LogP contribution is 2.21. The van der Waals surface area contributed by atoms with E-state index in [1.165, 1.54) is 18.3 Å². The molecule has 0 aliphatic heterocycles. The summed E-state index contributed by atoms with van der Waals surface area (Å²) in [7, 11) is 0. The van der Waals surface area contributed by atoms with Crippen molar-refractivity contribution in [2.24, 2.45) is 0 Å². The highest BCUT2D eigenvalue weighted by molar-refractivity contribution is 6.33. The van der Waals surface area contributed by atoms with E-state index < -0.39 is 11.9 Å². The Kier molecular flexibility index (Phi) is 3.77. The lowest BCUT2D eigenvalue weighted by Gasteiger charge is -2.07. The minimum absolute atomic E-state index is 0.188. The Morgan fingerprint density at radius 2 is 1.95 bits per heavy atom. The maximum Gasteiger partial charge on any atom is 0.354 e. The number of rotatable bonds is 3. The van der Waals surface area contributed by atoms with Crippen LogP contribution in [-0.4, -0.2) is 22.0 Å². The zero-order valence-electron chi connectivity index (χ0n) is 9.63. The fourth-order valence-corrected chi connectivity index (χ4v) is 1.63. The maximum absolute atomic E-state index is 12.0. The molecular formula is C13H9ClN2O3. The number of halogens is 1. The molecule has 0 radical (unpaired) electrons. The highest BCUT2D eigenvalue weighted by atomic mass is 35.5.